The molecular formula is C24H25F3N8O3. The molecule has 0 spiro atoms. The number of nitrogens with one attached hydrogen (secondary N) is 1. The fourth-order valence-corrected chi connectivity index (χ4v) is 3.73. The number of rotatable bonds is 8. The first-order valence-corrected chi connectivity index (χ1v) is 11.6. The summed E-state index contributed by atoms with van der Waals surface area (Å²) in [6.07, 6.45) is 0.484. The largest absolute Gasteiger partial charge is 0.573 e. The number of amides is 1. The molecule has 3 N–H and O–H groups in total. The second-order valence-electron chi connectivity index (χ2n) is 8.71. The van der Waals surface area contributed by atoms with Gasteiger partial charge in [0.25, 0.3) is 0 Å². The van der Waals surface area contributed by atoms with E-state index >= 15 is 0 Å². The van der Waals surface area contributed by atoms with E-state index < -0.39 is 23.8 Å². The molecule has 3 heterocycles. The van der Waals surface area contributed by atoms with Crippen LogP contribution < -0.4 is 15.8 Å². The molecule has 11 nitrogen and oxygen atoms in total. The van der Waals surface area contributed by atoms with Crippen LogP contribution in [-0.4, -0.2) is 87.6 Å². The Morgan fingerprint density at radius 1 is 1.00 bits per heavy atom. The van der Waals surface area contributed by atoms with Gasteiger partial charge in [-0.3, -0.25) is 24.5 Å². The highest BCUT2D eigenvalue weighted by atomic mass is 19.4. The predicted molar refractivity (Wildman–Crippen MR) is 131 cm³/mol. The van der Waals surface area contributed by atoms with Gasteiger partial charge in [-0.15, -0.1) is 13.2 Å². The lowest BCUT2D eigenvalue weighted by atomic mass is 10.1. The summed E-state index contributed by atoms with van der Waals surface area (Å²) in [7, 11) is 1.97. The lowest BCUT2D eigenvalue weighted by Crippen LogP contribution is -2.47. The van der Waals surface area contributed by atoms with Crippen molar-refractivity contribution >= 4 is 23.2 Å². The molecule has 38 heavy (non-hydrogen) atoms. The van der Waals surface area contributed by atoms with Gasteiger partial charge in [0.2, 0.25) is 5.91 Å². The molecule has 3 aromatic rings. The minimum Gasteiger partial charge on any atom is -0.404 e. The average Bonchev–Trinajstić information content (AvgIpc) is 2.86. The second-order valence-corrected chi connectivity index (χ2v) is 8.71. The van der Waals surface area contributed by atoms with Gasteiger partial charge in [0.15, 0.2) is 11.5 Å². The number of carbonyl (C=O) groups excluding carboxylic acids is 2. The fourth-order valence-electron chi connectivity index (χ4n) is 3.73. The number of carbonyl (C=O) groups is 2. The van der Waals surface area contributed by atoms with Crippen LogP contribution in [0.25, 0.3) is 11.4 Å². The number of anilines is 2. The normalized spacial score (nSPS) is 14.7. The van der Waals surface area contributed by atoms with Crippen LogP contribution in [-0.2, 0) is 11.2 Å². The highest BCUT2D eigenvalue weighted by Gasteiger charge is 2.32. The Balaban J connectivity index is 1.47. The summed E-state index contributed by atoms with van der Waals surface area (Å²) in [6, 6.07) is 3.36. The van der Waals surface area contributed by atoms with Crippen molar-refractivity contribution in [1.29, 1.82) is 0 Å². The molecule has 0 atom stereocenters. The number of alkyl halides is 3. The van der Waals surface area contributed by atoms with Gasteiger partial charge in [0.05, 0.1) is 42.9 Å². The van der Waals surface area contributed by atoms with E-state index in [4.69, 9.17) is 5.73 Å². The van der Waals surface area contributed by atoms with Crippen molar-refractivity contribution < 1.29 is 27.5 Å². The fraction of sp³-hybridized carbons (Fsp3) is 0.333. The maximum atomic E-state index is 12.9. The van der Waals surface area contributed by atoms with Gasteiger partial charge < -0.3 is 20.7 Å². The van der Waals surface area contributed by atoms with Gasteiger partial charge in [-0.05, 0) is 25.2 Å². The summed E-state index contributed by atoms with van der Waals surface area (Å²) >= 11 is 0. The van der Waals surface area contributed by atoms with Crippen LogP contribution in [0.4, 0.5) is 24.7 Å². The van der Waals surface area contributed by atoms with Crippen molar-refractivity contribution in [3.05, 3.63) is 54.2 Å². The predicted octanol–water partition coefficient (Wildman–Crippen LogP) is 2.03. The van der Waals surface area contributed by atoms with Crippen LogP contribution in [0.15, 0.2) is 43.0 Å². The first-order chi connectivity index (χ1) is 18.1. The summed E-state index contributed by atoms with van der Waals surface area (Å²) in [6.45, 7) is 2.85. The number of hydrogen-bond donors (Lipinski definition) is 2. The van der Waals surface area contributed by atoms with Crippen molar-refractivity contribution in [1.82, 2.24) is 29.7 Å². The average molecular weight is 531 g/mol. The molecule has 1 aromatic carbocycles. The zero-order valence-electron chi connectivity index (χ0n) is 20.4. The summed E-state index contributed by atoms with van der Waals surface area (Å²) in [5.41, 5.74) is 6.55. The molecule has 200 valence electrons. The standard InChI is InChI=1S/C24H25F3N8O3/c1-34-4-6-35(7-5-34)14-23(37)33-17-8-15(2-3-21(17)38-24(25,26)27)20(36)9-16-10-30-18(11-29-16)19-12-32-22(28)13-31-19/h2-3,8,10-13H,4-7,9,14H2,1H3,(H2,28,32)(H,33,37). The molecule has 0 bridgehead atoms. The molecule has 0 unspecified atom stereocenters. The number of nitrogens with zero attached hydrogens (tertiary/aromatic N) is 6. The number of nitrogen functional groups attached to an aromatic ring is 1. The number of likely N-dealkylation sites (N-methyl/N-ethyl adjacent to an activating group) is 1. The van der Waals surface area contributed by atoms with E-state index in [1.165, 1.54) is 30.9 Å². The molecular weight excluding hydrogens is 505 g/mol. The first-order valence-electron chi connectivity index (χ1n) is 11.6. The number of aromatic nitrogens is 4. The summed E-state index contributed by atoms with van der Waals surface area (Å²) in [5, 5.41) is 2.46. The summed E-state index contributed by atoms with van der Waals surface area (Å²) in [4.78, 5) is 46.0. The number of benzene rings is 1. The van der Waals surface area contributed by atoms with Crippen molar-refractivity contribution in [3.8, 4) is 17.1 Å². The number of ether oxygens (including phenoxy) is 1. The second kappa shape index (κ2) is 11.5. The lowest BCUT2D eigenvalue weighted by molar-refractivity contribution is -0.274. The van der Waals surface area contributed by atoms with E-state index in [9.17, 15) is 22.8 Å². The molecule has 1 amide bonds. The Morgan fingerprint density at radius 3 is 2.29 bits per heavy atom. The Bertz CT molecular complexity index is 1280. The van der Waals surface area contributed by atoms with Crippen molar-refractivity contribution in [2.75, 3.05) is 50.8 Å². The van der Waals surface area contributed by atoms with Gasteiger partial charge in [-0.2, -0.15) is 0 Å². The molecule has 4 rings (SSSR count). The minimum absolute atomic E-state index is 0.00219. The zero-order valence-corrected chi connectivity index (χ0v) is 20.4. The third-order valence-corrected chi connectivity index (χ3v) is 5.75. The quantitative estimate of drug-likeness (QED) is 0.416. The van der Waals surface area contributed by atoms with E-state index in [-0.39, 0.29) is 30.0 Å². The van der Waals surface area contributed by atoms with Gasteiger partial charge in [0, 0.05) is 37.9 Å². The smallest absolute Gasteiger partial charge is 0.404 e. The maximum Gasteiger partial charge on any atom is 0.573 e. The van der Waals surface area contributed by atoms with Gasteiger partial charge >= 0.3 is 6.36 Å². The van der Waals surface area contributed by atoms with Gasteiger partial charge in [0.1, 0.15) is 17.2 Å². The van der Waals surface area contributed by atoms with Crippen LogP contribution in [0.3, 0.4) is 0 Å². The summed E-state index contributed by atoms with van der Waals surface area (Å²) in [5.74, 6) is -1.31. The Labute approximate surface area is 215 Å². The summed E-state index contributed by atoms with van der Waals surface area (Å²) < 4.78 is 42.9. The minimum atomic E-state index is -4.98. The maximum absolute atomic E-state index is 12.9. The lowest BCUT2D eigenvalue weighted by Gasteiger charge is -2.31. The molecule has 1 fully saturated rings. The Hall–Kier alpha value is -4.17. The number of halogens is 3. The van der Waals surface area contributed by atoms with Crippen LogP contribution in [0, 0.1) is 0 Å². The van der Waals surface area contributed by atoms with Gasteiger partial charge in [-0.25, -0.2) is 9.97 Å². The molecule has 2 aromatic heterocycles. The molecule has 1 aliphatic rings. The van der Waals surface area contributed by atoms with E-state index in [2.05, 4.69) is 34.9 Å². The van der Waals surface area contributed by atoms with Crippen LogP contribution in [0.1, 0.15) is 16.1 Å². The van der Waals surface area contributed by atoms with E-state index in [0.717, 1.165) is 25.2 Å². The van der Waals surface area contributed by atoms with Crippen LogP contribution in [0.5, 0.6) is 5.75 Å². The van der Waals surface area contributed by atoms with Crippen molar-refractivity contribution in [3.63, 3.8) is 0 Å². The molecule has 1 saturated heterocycles. The van der Waals surface area contributed by atoms with Gasteiger partial charge in [-0.1, -0.05) is 0 Å². The van der Waals surface area contributed by atoms with Crippen molar-refractivity contribution in [2.45, 2.75) is 12.8 Å². The topological polar surface area (TPSA) is 139 Å². The molecule has 0 radical (unpaired) electrons. The van der Waals surface area contributed by atoms with E-state index in [0.29, 0.717) is 30.2 Å². The number of nitrogens with two attached hydrogens (primary N) is 1. The van der Waals surface area contributed by atoms with E-state index in [1.54, 1.807) is 0 Å². The Kier molecular flexibility index (Phi) is 8.12. The SMILES string of the molecule is CN1CCN(CC(=O)Nc2cc(C(=O)Cc3cnc(-c4cnc(N)cn4)cn3)ccc2OC(F)(F)F)CC1. The zero-order chi connectivity index (χ0) is 27.3. The van der Waals surface area contributed by atoms with E-state index in [1.807, 2.05) is 11.9 Å². The highest BCUT2D eigenvalue weighted by Crippen LogP contribution is 2.31. The number of piperazine rings is 1. The number of ketones is 1. The molecule has 0 aliphatic carbocycles. The molecule has 0 saturated carbocycles. The third-order valence-electron chi connectivity index (χ3n) is 5.75. The third kappa shape index (κ3) is 7.43. The molecule has 1 aliphatic heterocycles. The first kappa shape index (κ1) is 26.9. The number of Topliss-reactive ketones (excluding diaryl/α,β-unsaturated/α-hetero) is 1. The van der Waals surface area contributed by atoms with Crippen LogP contribution >= 0.6 is 0 Å². The monoisotopic (exact) mass is 530 g/mol. The Morgan fingerprint density at radius 2 is 1.68 bits per heavy atom. The van der Waals surface area contributed by atoms with Crippen LogP contribution in [0.2, 0.25) is 0 Å². The number of hydrogen-bond acceptors (Lipinski definition) is 10. The highest BCUT2D eigenvalue weighted by molar-refractivity contribution is 6.00. The van der Waals surface area contributed by atoms with Crippen molar-refractivity contribution in [2.24, 2.45) is 0 Å². The molecule has 14 heteroatoms.